The largest absolute Gasteiger partial charge is 0.391 e. The number of aliphatic hydroxyl groups excluding tert-OH is 1. The first-order valence-electron chi connectivity index (χ1n) is 6.37. The average Bonchev–Trinajstić information content (AvgIpc) is 3.09. The van der Waals surface area contributed by atoms with E-state index < -0.39 is 6.10 Å². The second-order valence-electron chi connectivity index (χ2n) is 4.99. The third kappa shape index (κ3) is 2.97. The van der Waals surface area contributed by atoms with E-state index in [2.05, 4.69) is 5.32 Å². The fourth-order valence-electron chi connectivity index (χ4n) is 2.15. The number of carbonyl (C=O) groups is 2. The van der Waals surface area contributed by atoms with E-state index in [-0.39, 0.29) is 24.3 Å². The third-order valence-electron chi connectivity index (χ3n) is 3.50. The van der Waals surface area contributed by atoms with Crippen molar-refractivity contribution in [3.63, 3.8) is 0 Å². The quantitative estimate of drug-likeness (QED) is 0.704. The molecule has 2 rings (SSSR count). The molecule has 0 radical (unpaired) electrons. The van der Waals surface area contributed by atoms with Gasteiger partial charge in [0.25, 0.3) is 0 Å². The van der Waals surface area contributed by atoms with E-state index in [0.29, 0.717) is 25.4 Å². The van der Waals surface area contributed by atoms with Crippen LogP contribution in [0, 0.1) is 5.92 Å². The summed E-state index contributed by atoms with van der Waals surface area (Å²) >= 11 is 0. The van der Waals surface area contributed by atoms with E-state index in [1.165, 1.54) is 0 Å². The first-order valence-corrected chi connectivity index (χ1v) is 6.37. The van der Waals surface area contributed by atoms with Gasteiger partial charge in [-0.25, -0.2) is 0 Å². The maximum Gasteiger partial charge on any atom is 0.225 e. The Bertz CT molecular complexity index is 315. The number of likely N-dealkylation sites (tertiary alicyclic amines) is 1. The van der Waals surface area contributed by atoms with Crippen molar-refractivity contribution in [3.8, 4) is 0 Å². The number of nitrogens with one attached hydrogen (secondary N) is 1. The van der Waals surface area contributed by atoms with Crippen molar-refractivity contribution in [2.45, 2.75) is 44.8 Å². The minimum atomic E-state index is -0.490. The lowest BCUT2D eigenvalue weighted by Gasteiger charge is -2.16. The van der Waals surface area contributed by atoms with Gasteiger partial charge in [-0.1, -0.05) is 6.92 Å². The van der Waals surface area contributed by atoms with Gasteiger partial charge in [-0.3, -0.25) is 9.59 Å². The van der Waals surface area contributed by atoms with Crippen LogP contribution >= 0.6 is 0 Å². The predicted octanol–water partition coefficient (Wildman–Crippen LogP) is -0.116. The standard InChI is InChI=1S/C12H20N2O3/c1-2-10(15)6-13-12(17)8-5-11(16)14(7-8)9-3-4-9/h8-10,15H,2-7H2,1H3,(H,13,17). The van der Waals surface area contributed by atoms with Crippen molar-refractivity contribution in [1.82, 2.24) is 10.2 Å². The zero-order chi connectivity index (χ0) is 12.4. The van der Waals surface area contributed by atoms with E-state index in [9.17, 15) is 14.7 Å². The van der Waals surface area contributed by atoms with Gasteiger partial charge in [0.2, 0.25) is 11.8 Å². The zero-order valence-corrected chi connectivity index (χ0v) is 10.2. The molecular weight excluding hydrogens is 220 g/mol. The average molecular weight is 240 g/mol. The van der Waals surface area contributed by atoms with Gasteiger partial charge in [0.05, 0.1) is 12.0 Å². The van der Waals surface area contributed by atoms with Gasteiger partial charge in [-0.15, -0.1) is 0 Å². The summed E-state index contributed by atoms with van der Waals surface area (Å²) < 4.78 is 0. The number of aliphatic hydroxyl groups is 1. The minimum absolute atomic E-state index is 0.101. The van der Waals surface area contributed by atoms with Crippen LogP contribution in [0.1, 0.15) is 32.6 Å². The van der Waals surface area contributed by atoms with Gasteiger partial charge in [0.15, 0.2) is 0 Å². The third-order valence-corrected chi connectivity index (χ3v) is 3.50. The Hall–Kier alpha value is -1.10. The SMILES string of the molecule is CCC(O)CNC(=O)C1CC(=O)N(C2CC2)C1. The Morgan fingerprint density at radius 1 is 1.59 bits per heavy atom. The molecule has 1 heterocycles. The van der Waals surface area contributed by atoms with Gasteiger partial charge in [0.1, 0.15) is 0 Å². The number of carbonyl (C=O) groups excluding carboxylic acids is 2. The fourth-order valence-corrected chi connectivity index (χ4v) is 2.15. The molecule has 0 spiro atoms. The smallest absolute Gasteiger partial charge is 0.225 e. The molecule has 2 fully saturated rings. The number of hydrogen-bond donors (Lipinski definition) is 2. The van der Waals surface area contributed by atoms with Crippen LogP contribution in [0.3, 0.4) is 0 Å². The molecule has 0 aromatic rings. The Balaban J connectivity index is 1.78. The second kappa shape index (κ2) is 5.04. The van der Waals surface area contributed by atoms with Crippen LogP contribution in [0.25, 0.3) is 0 Å². The summed E-state index contributed by atoms with van der Waals surface area (Å²) in [5.41, 5.74) is 0. The van der Waals surface area contributed by atoms with Crippen LogP contribution in [0.4, 0.5) is 0 Å². The molecular formula is C12H20N2O3. The highest BCUT2D eigenvalue weighted by Crippen LogP contribution is 2.32. The van der Waals surface area contributed by atoms with E-state index in [1.54, 1.807) is 0 Å². The summed E-state index contributed by atoms with van der Waals surface area (Å²) in [6.45, 7) is 2.70. The van der Waals surface area contributed by atoms with Gasteiger partial charge in [-0.2, -0.15) is 0 Å². The lowest BCUT2D eigenvalue weighted by molar-refractivity contribution is -0.129. The monoisotopic (exact) mass is 240 g/mol. The van der Waals surface area contributed by atoms with Gasteiger partial charge < -0.3 is 15.3 Å². The number of hydrogen-bond acceptors (Lipinski definition) is 3. The summed E-state index contributed by atoms with van der Waals surface area (Å²) in [7, 11) is 0. The van der Waals surface area contributed by atoms with Crippen molar-refractivity contribution in [3.05, 3.63) is 0 Å². The molecule has 0 bridgehead atoms. The molecule has 1 aliphatic heterocycles. The summed E-state index contributed by atoms with van der Waals surface area (Å²) in [5.74, 6) is -0.232. The van der Waals surface area contributed by atoms with E-state index in [1.807, 2.05) is 11.8 Å². The molecule has 96 valence electrons. The second-order valence-corrected chi connectivity index (χ2v) is 4.99. The molecule has 2 atom stereocenters. The van der Waals surface area contributed by atoms with E-state index >= 15 is 0 Å². The Morgan fingerprint density at radius 3 is 2.88 bits per heavy atom. The Kier molecular flexibility index (Phi) is 3.66. The maximum absolute atomic E-state index is 11.8. The van der Waals surface area contributed by atoms with Crippen LogP contribution in [-0.2, 0) is 9.59 Å². The molecule has 0 aromatic carbocycles. The van der Waals surface area contributed by atoms with Crippen LogP contribution in [0.2, 0.25) is 0 Å². The molecule has 0 aromatic heterocycles. The topological polar surface area (TPSA) is 69.6 Å². The van der Waals surface area contributed by atoms with Crippen LogP contribution in [-0.4, -0.2) is 47.1 Å². The van der Waals surface area contributed by atoms with E-state index in [0.717, 1.165) is 12.8 Å². The van der Waals surface area contributed by atoms with Crippen LogP contribution in [0.15, 0.2) is 0 Å². The zero-order valence-electron chi connectivity index (χ0n) is 10.2. The molecule has 2 unspecified atom stereocenters. The molecule has 5 heteroatoms. The summed E-state index contributed by atoms with van der Waals surface area (Å²) in [6, 6.07) is 0.390. The number of amides is 2. The molecule has 1 saturated heterocycles. The molecule has 17 heavy (non-hydrogen) atoms. The lowest BCUT2D eigenvalue weighted by atomic mass is 10.1. The first kappa shape index (κ1) is 12.4. The van der Waals surface area contributed by atoms with Crippen LogP contribution in [0.5, 0.6) is 0 Å². The van der Waals surface area contributed by atoms with Crippen molar-refractivity contribution < 1.29 is 14.7 Å². The Labute approximate surface area is 101 Å². The van der Waals surface area contributed by atoms with Crippen molar-refractivity contribution in [2.24, 2.45) is 5.92 Å². The Morgan fingerprint density at radius 2 is 2.29 bits per heavy atom. The van der Waals surface area contributed by atoms with Crippen molar-refractivity contribution >= 4 is 11.8 Å². The summed E-state index contributed by atoms with van der Waals surface area (Å²) in [6.07, 6.45) is 2.61. The minimum Gasteiger partial charge on any atom is -0.391 e. The maximum atomic E-state index is 11.8. The van der Waals surface area contributed by atoms with E-state index in [4.69, 9.17) is 0 Å². The van der Waals surface area contributed by atoms with Gasteiger partial charge in [0, 0.05) is 25.6 Å². The molecule has 2 N–H and O–H groups in total. The predicted molar refractivity (Wildman–Crippen MR) is 62.1 cm³/mol. The molecule has 1 saturated carbocycles. The summed E-state index contributed by atoms with van der Waals surface area (Å²) in [4.78, 5) is 25.3. The van der Waals surface area contributed by atoms with Crippen molar-refractivity contribution in [2.75, 3.05) is 13.1 Å². The van der Waals surface area contributed by atoms with Crippen molar-refractivity contribution in [1.29, 1.82) is 0 Å². The summed E-state index contributed by atoms with van der Waals surface area (Å²) in [5, 5.41) is 12.1. The van der Waals surface area contributed by atoms with Gasteiger partial charge >= 0.3 is 0 Å². The first-order chi connectivity index (χ1) is 8.11. The molecule has 2 aliphatic rings. The highest BCUT2D eigenvalue weighted by atomic mass is 16.3. The molecule has 1 aliphatic carbocycles. The molecule has 5 nitrogen and oxygen atoms in total. The normalized spacial score (nSPS) is 26.1. The number of nitrogens with zero attached hydrogens (tertiary/aromatic N) is 1. The molecule has 2 amide bonds. The highest BCUT2D eigenvalue weighted by molar-refractivity contribution is 5.89. The van der Waals surface area contributed by atoms with Gasteiger partial charge in [-0.05, 0) is 19.3 Å². The number of rotatable bonds is 5. The fraction of sp³-hybridized carbons (Fsp3) is 0.833. The van der Waals surface area contributed by atoms with Crippen LogP contribution < -0.4 is 5.32 Å². The lowest BCUT2D eigenvalue weighted by Crippen LogP contribution is -2.37. The highest BCUT2D eigenvalue weighted by Gasteiger charge is 2.41.